The number of carbonyl (C=O) groups is 1. The molecule has 1 aromatic heterocycles. The summed E-state index contributed by atoms with van der Waals surface area (Å²) in [6.07, 6.45) is 1.67. The Morgan fingerprint density at radius 3 is 2.59 bits per heavy atom. The van der Waals surface area contributed by atoms with Gasteiger partial charge in [0.1, 0.15) is 17.4 Å². The van der Waals surface area contributed by atoms with Gasteiger partial charge in [0.2, 0.25) is 0 Å². The summed E-state index contributed by atoms with van der Waals surface area (Å²) in [5, 5.41) is 13.3. The number of nitrogens with zero attached hydrogens (tertiary/aromatic N) is 2. The summed E-state index contributed by atoms with van der Waals surface area (Å²) < 4.78 is 7.18. The Balaban J connectivity index is 1.83. The molecular weight excluding hydrogens is 338 g/mol. The number of methoxy groups -OCH3 is 1. The lowest BCUT2D eigenvalue weighted by atomic mass is 10.1. The maximum absolute atomic E-state index is 12.5. The van der Waals surface area contributed by atoms with Crippen molar-refractivity contribution in [2.45, 2.75) is 13.5 Å². The maximum Gasteiger partial charge on any atom is 0.262 e. The van der Waals surface area contributed by atoms with Gasteiger partial charge in [0.25, 0.3) is 5.91 Å². The molecule has 0 aliphatic carbocycles. The molecule has 3 rings (SSSR count). The minimum absolute atomic E-state index is 0.0861. The minimum Gasteiger partial charge on any atom is -0.497 e. The summed E-state index contributed by atoms with van der Waals surface area (Å²) >= 11 is 0. The van der Waals surface area contributed by atoms with Crippen molar-refractivity contribution in [1.82, 2.24) is 9.88 Å². The molecule has 0 aliphatic heterocycles. The van der Waals surface area contributed by atoms with Gasteiger partial charge in [0, 0.05) is 35.8 Å². The molecule has 27 heavy (non-hydrogen) atoms. The van der Waals surface area contributed by atoms with E-state index >= 15 is 0 Å². The largest absolute Gasteiger partial charge is 0.497 e. The van der Waals surface area contributed by atoms with Crippen LogP contribution in [0.4, 0.5) is 0 Å². The van der Waals surface area contributed by atoms with Crippen molar-refractivity contribution < 1.29 is 9.53 Å². The number of para-hydroxylation sites is 1. The van der Waals surface area contributed by atoms with E-state index in [0.29, 0.717) is 6.54 Å². The minimum atomic E-state index is -0.388. The van der Waals surface area contributed by atoms with Crippen molar-refractivity contribution in [2.24, 2.45) is 7.05 Å². The number of hydrogen-bond donors (Lipinski definition) is 1. The third-order valence-electron chi connectivity index (χ3n) is 4.71. The summed E-state index contributed by atoms with van der Waals surface area (Å²) in [7, 11) is 3.58. The normalized spacial score (nSPS) is 11.3. The number of fused-ring (bicyclic) bond motifs is 1. The van der Waals surface area contributed by atoms with Crippen LogP contribution in [0.5, 0.6) is 5.75 Å². The molecule has 0 unspecified atom stereocenters. The van der Waals surface area contributed by atoms with E-state index in [1.54, 1.807) is 13.2 Å². The standard InChI is InChI=1S/C22H21N3O2/c1-15-20(19-6-4-5-7-21(19)25(15)2)12-17(13-23)22(26)24-14-16-8-10-18(27-3)11-9-16/h4-12H,14H2,1-3H3,(H,24,26)/b17-12+. The van der Waals surface area contributed by atoms with Gasteiger partial charge in [-0.05, 0) is 36.8 Å². The summed E-state index contributed by atoms with van der Waals surface area (Å²) in [4.78, 5) is 12.5. The Morgan fingerprint density at radius 2 is 1.93 bits per heavy atom. The van der Waals surface area contributed by atoms with E-state index in [9.17, 15) is 10.1 Å². The van der Waals surface area contributed by atoms with Crippen LogP contribution in [0, 0.1) is 18.3 Å². The Hall–Kier alpha value is -3.52. The van der Waals surface area contributed by atoms with E-state index in [1.807, 2.05) is 68.6 Å². The van der Waals surface area contributed by atoms with Crippen molar-refractivity contribution in [3.05, 3.63) is 70.9 Å². The van der Waals surface area contributed by atoms with Crippen LogP contribution in [0.3, 0.4) is 0 Å². The first kappa shape index (κ1) is 18.3. The molecule has 0 spiro atoms. The van der Waals surface area contributed by atoms with Gasteiger partial charge in [-0.15, -0.1) is 0 Å². The van der Waals surface area contributed by atoms with Gasteiger partial charge in [-0.3, -0.25) is 4.79 Å². The fourth-order valence-corrected chi connectivity index (χ4v) is 3.05. The predicted octanol–water partition coefficient (Wildman–Crippen LogP) is 3.72. The van der Waals surface area contributed by atoms with E-state index in [2.05, 4.69) is 9.88 Å². The monoisotopic (exact) mass is 359 g/mol. The highest BCUT2D eigenvalue weighted by molar-refractivity contribution is 6.04. The van der Waals surface area contributed by atoms with E-state index in [4.69, 9.17) is 4.74 Å². The number of carbonyl (C=O) groups excluding carboxylic acids is 1. The van der Waals surface area contributed by atoms with Crippen molar-refractivity contribution in [3.8, 4) is 11.8 Å². The van der Waals surface area contributed by atoms with E-state index in [-0.39, 0.29) is 11.5 Å². The molecule has 0 saturated heterocycles. The first-order valence-electron chi connectivity index (χ1n) is 8.62. The van der Waals surface area contributed by atoms with Gasteiger partial charge in [0.05, 0.1) is 7.11 Å². The maximum atomic E-state index is 12.5. The molecule has 1 amide bonds. The molecule has 0 saturated carbocycles. The summed E-state index contributed by atoms with van der Waals surface area (Å²) in [5.41, 5.74) is 3.99. The quantitative estimate of drug-likeness (QED) is 0.558. The zero-order chi connectivity index (χ0) is 19.4. The Bertz CT molecular complexity index is 1050. The molecular formula is C22H21N3O2. The van der Waals surface area contributed by atoms with Crippen LogP contribution in [0.15, 0.2) is 54.1 Å². The summed E-state index contributed by atoms with van der Waals surface area (Å²) in [6, 6.07) is 17.4. The highest BCUT2D eigenvalue weighted by Gasteiger charge is 2.14. The lowest BCUT2D eigenvalue weighted by Gasteiger charge is -2.06. The molecule has 2 aromatic carbocycles. The molecule has 3 aromatic rings. The number of nitriles is 1. The van der Waals surface area contributed by atoms with Gasteiger partial charge in [-0.1, -0.05) is 30.3 Å². The number of aryl methyl sites for hydroxylation is 1. The second kappa shape index (κ2) is 7.79. The number of hydrogen-bond acceptors (Lipinski definition) is 3. The summed E-state index contributed by atoms with van der Waals surface area (Å²) in [5.74, 6) is 0.370. The fraction of sp³-hybridized carbons (Fsp3) is 0.182. The molecule has 5 nitrogen and oxygen atoms in total. The number of aromatic nitrogens is 1. The first-order chi connectivity index (χ1) is 13.0. The van der Waals surface area contributed by atoms with Gasteiger partial charge in [-0.25, -0.2) is 0 Å². The molecule has 136 valence electrons. The van der Waals surface area contributed by atoms with Crippen LogP contribution in [-0.2, 0) is 18.4 Å². The molecule has 0 aliphatic rings. The molecule has 0 radical (unpaired) electrons. The third-order valence-corrected chi connectivity index (χ3v) is 4.71. The third kappa shape index (κ3) is 3.70. The van der Waals surface area contributed by atoms with Crippen LogP contribution < -0.4 is 10.1 Å². The smallest absolute Gasteiger partial charge is 0.262 e. The number of rotatable bonds is 5. The first-order valence-corrected chi connectivity index (χ1v) is 8.62. The Kier molecular flexibility index (Phi) is 5.28. The number of ether oxygens (including phenoxy) is 1. The van der Waals surface area contributed by atoms with Gasteiger partial charge in [-0.2, -0.15) is 5.26 Å². The van der Waals surface area contributed by atoms with Crippen LogP contribution in [-0.4, -0.2) is 17.6 Å². The molecule has 5 heteroatoms. The Morgan fingerprint density at radius 1 is 1.22 bits per heavy atom. The average molecular weight is 359 g/mol. The average Bonchev–Trinajstić information content (AvgIpc) is 2.95. The van der Waals surface area contributed by atoms with Crippen molar-refractivity contribution >= 4 is 22.9 Å². The van der Waals surface area contributed by atoms with Crippen molar-refractivity contribution in [3.63, 3.8) is 0 Å². The summed E-state index contributed by atoms with van der Waals surface area (Å²) in [6.45, 7) is 2.33. The van der Waals surface area contributed by atoms with Crippen LogP contribution >= 0.6 is 0 Å². The van der Waals surface area contributed by atoms with Gasteiger partial charge in [0.15, 0.2) is 0 Å². The van der Waals surface area contributed by atoms with Gasteiger partial charge >= 0.3 is 0 Å². The fourth-order valence-electron chi connectivity index (χ4n) is 3.05. The molecule has 0 atom stereocenters. The zero-order valence-corrected chi connectivity index (χ0v) is 15.6. The molecule has 1 N–H and O–H groups in total. The van der Waals surface area contributed by atoms with Crippen molar-refractivity contribution in [2.75, 3.05) is 7.11 Å². The van der Waals surface area contributed by atoms with Crippen LogP contribution in [0.2, 0.25) is 0 Å². The van der Waals surface area contributed by atoms with E-state index in [0.717, 1.165) is 33.5 Å². The molecule has 1 heterocycles. The predicted molar refractivity (Wildman–Crippen MR) is 106 cm³/mol. The van der Waals surface area contributed by atoms with Gasteiger partial charge < -0.3 is 14.6 Å². The number of amides is 1. The second-order valence-corrected chi connectivity index (χ2v) is 6.28. The van der Waals surface area contributed by atoms with E-state index in [1.165, 1.54) is 0 Å². The Labute approximate surface area is 158 Å². The zero-order valence-electron chi connectivity index (χ0n) is 15.6. The lowest BCUT2D eigenvalue weighted by Crippen LogP contribution is -2.23. The van der Waals surface area contributed by atoms with Crippen molar-refractivity contribution in [1.29, 1.82) is 5.26 Å². The number of nitrogens with one attached hydrogen (secondary N) is 1. The highest BCUT2D eigenvalue weighted by atomic mass is 16.5. The molecule has 0 bridgehead atoms. The number of benzene rings is 2. The topological polar surface area (TPSA) is 67.0 Å². The van der Waals surface area contributed by atoms with E-state index < -0.39 is 0 Å². The lowest BCUT2D eigenvalue weighted by molar-refractivity contribution is -0.117. The van der Waals surface area contributed by atoms with Crippen LogP contribution in [0.1, 0.15) is 16.8 Å². The second-order valence-electron chi connectivity index (χ2n) is 6.28. The highest BCUT2D eigenvalue weighted by Crippen LogP contribution is 2.26. The van der Waals surface area contributed by atoms with Crippen LogP contribution in [0.25, 0.3) is 17.0 Å². The molecule has 0 fully saturated rings. The SMILES string of the molecule is COc1ccc(CNC(=O)/C(C#N)=C/c2c(C)n(C)c3ccccc23)cc1.